The molecule has 0 unspecified atom stereocenters. The zero-order valence-corrected chi connectivity index (χ0v) is 23.4. The van der Waals surface area contributed by atoms with Gasteiger partial charge >= 0.3 is 5.97 Å². The topological polar surface area (TPSA) is 110 Å². The Bertz CT molecular complexity index is 1720. The quantitative estimate of drug-likeness (QED) is 0.109. The maximum Gasteiger partial charge on any atom is 0.343 e. The number of carbonyl (C=O) groups is 5. The van der Waals surface area contributed by atoms with Gasteiger partial charge in [-0.1, -0.05) is 41.4 Å². The summed E-state index contributed by atoms with van der Waals surface area (Å²) in [4.78, 5) is 66.0. The number of ether oxygens (including phenoxy) is 2. The molecule has 0 bridgehead atoms. The molecule has 0 N–H and O–H groups in total. The normalized spacial score (nSPS) is 12.1. The van der Waals surface area contributed by atoms with Crippen molar-refractivity contribution in [3.8, 4) is 11.5 Å². The van der Waals surface area contributed by atoms with E-state index < -0.39 is 36.0 Å². The number of nitrogens with zero attached hydrogens (tertiary/aromatic N) is 2. The van der Waals surface area contributed by atoms with Gasteiger partial charge in [0.05, 0.1) is 34.4 Å². The van der Waals surface area contributed by atoms with Crippen molar-refractivity contribution in [1.82, 2.24) is 10.0 Å². The summed E-state index contributed by atoms with van der Waals surface area (Å²) in [6.07, 6.45) is 0. The van der Waals surface area contributed by atoms with Crippen LogP contribution in [0.5, 0.6) is 11.5 Å². The van der Waals surface area contributed by atoms with Crippen molar-refractivity contribution in [2.45, 2.75) is 0 Å². The number of Topliss-reactive ketones (excluding diaryl/α,β-unsaturated/α-hetero) is 1. The Labute approximate surface area is 249 Å². The Hall–Kier alpha value is -4.99. The number of imide groups is 1. The van der Waals surface area contributed by atoms with Crippen molar-refractivity contribution in [3.63, 3.8) is 0 Å². The Morgan fingerprint density at radius 1 is 0.762 bits per heavy atom. The lowest BCUT2D eigenvalue weighted by atomic mass is 10.1. The number of ketones is 1. The van der Waals surface area contributed by atoms with Gasteiger partial charge in [0.2, 0.25) is 0 Å². The average molecular weight is 603 g/mol. The first-order valence-corrected chi connectivity index (χ1v) is 13.2. The van der Waals surface area contributed by atoms with Crippen molar-refractivity contribution in [2.75, 3.05) is 13.7 Å². The average Bonchev–Trinajstić information content (AvgIpc) is 3.25. The molecule has 4 aromatic rings. The highest BCUT2D eigenvalue weighted by atomic mass is 35.5. The molecule has 3 amide bonds. The molecule has 210 valence electrons. The number of hydrazine groups is 1. The molecule has 0 aromatic heterocycles. The van der Waals surface area contributed by atoms with Gasteiger partial charge in [0.15, 0.2) is 5.78 Å². The van der Waals surface area contributed by atoms with Gasteiger partial charge in [0.1, 0.15) is 18.0 Å². The molecule has 11 heteroatoms. The first kappa shape index (κ1) is 28.5. The highest BCUT2D eigenvalue weighted by molar-refractivity contribution is 6.37. The standard InChI is InChI=1S/C31H20Cl2N2O7/c1-41-22-6-4-5-19(15-22)31(40)42-21-12-9-18(10-13-21)27(36)17-34(28(37)25-14-11-20(32)16-26(25)33)35-29(38)23-7-2-3-8-24(23)30(35)39/h2-16H,17H2,1H3. The molecule has 0 radical (unpaired) electrons. The van der Waals surface area contributed by atoms with E-state index in [0.29, 0.717) is 10.8 Å². The Balaban J connectivity index is 1.40. The number of esters is 1. The smallest absolute Gasteiger partial charge is 0.343 e. The third kappa shape index (κ3) is 5.60. The van der Waals surface area contributed by atoms with E-state index in [1.165, 1.54) is 67.8 Å². The zero-order chi connectivity index (χ0) is 30.0. The minimum atomic E-state index is -0.858. The lowest BCUT2D eigenvalue weighted by Crippen LogP contribution is -2.51. The number of benzene rings is 4. The van der Waals surface area contributed by atoms with Crippen LogP contribution in [0.25, 0.3) is 0 Å². The van der Waals surface area contributed by atoms with E-state index in [4.69, 9.17) is 32.7 Å². The number of hydrogen-bond acceptors (Lipinski definition) is 7. The summed E-state index contributed by atoms with van der Waals surface area (Å²) in [5, 5.41) is 1.65. The summed E-state index contributed by atoms with van der Waals surface area (Å²) in [6.45, 7) is -0.674. The van der Waals surface area contributed by atoms with Crippen LogP contribution in [-0.2, 0) is 0 Å². The van der Waals surface area contributed by atoms with Crippen LogP contribution < -0.4 is 9.47 Å². The molecule has 1 aliphatic heterocycles. The van der Waals surface area contributed by atoms with Crippen LogP contribution >= 0.6 is 23.2 Å². The minimum Gasteiger partial charge on any atom is -0.497 e. The van der Waals surface area contributed by atoms with E-state index in [1.54, 1.807) is 30.3 Å². The molecule has 0 aliphatic carbocycles. The summed E-state index contributed by atoms with van der Waals surface area (Å²) in [5.41, 5.74) is 0.526. The molecule has 0 saturated carbocycles. The first-order valence-electron chi connectivity index (χ1n) is 12.4. The largest absolute Gasteiger partial charge is 0.497 e. The highest BCUT2D eigenvalue weighted by Crippen LogP contribution is 2.28. The number of halogens is 2. The lowest BCUT2D eigenvalue weighted by Gasteiger charge is -2.29. The first-order chi connectivity index (χ1) is 20.2. The maximum atomic E-state index is 13.7. The summed E-state index contributed by atoms with van der Waals surface area (Å²) >= 11 is 12.2. The molecule has 1 heterocycles. The molecule has 0 saturated heterocycles. The second kappa shape index (κ2) is 11.9. The third-order valence-corrected chi connectivity index (χ3v) is 6.94. The molecule has 1 aliphatic rings. The van der Waals surface area contributed by atoms with Gasteiger partial charge in [0, 0.05) is 10.6 Å². The SMILES string of the molecule is COc1cccc(C(=O)Oc2ccc(C(=O)CN(C(=O)c3ccc(Cl)cc3Cl)N3C(=O)c4ccccc4C3=O)cc2)c1. The van der Waals surface area contributed by atoms with Crippen molar-refractivity contribution in [3.05, 3.63) is 129 Å². The Kier molecular flexibility index (Phi) is 8.06. The van der Waals surface area contributed by atoms with E-state index in [9.17, 15) is 24.0 Å². The van der Waals surface area contributed by atoms with Gasteiger partial charge in [-0.05, 0) is 72.8 Å². The third-order valence-electron chi connectivity index (χ3n) is 6.40. The summed E-state index contributed by atoms with van der Waals surface area (Å²) < 4.78 is 10.5. The van der Waals surface area contributed by atoms with E-state index >= 15 is 0 Å². The van der Waals surface area contributed by atoms with Gasteiger partial charge < -0.3 is 9.47 Å². The van der Waals surface area contributed by atoms with Gasteiger partial charge in [-0.2, -0.15) is 5.01 Å². The van der Waals surface area contributed by atoms with Crippen LogP contribution in [0.4, 0.5) is 0 Å². The van der Waals surface area contributed by atoms with Crippen LogP contribution in [0.3, 0.4) is 0 Å². The van der Waals surface area contributed by atoms with Crippen LogP contribution in [0.1, 0.15) is 51.8 Å². The van der Waals surface area contributed by atoms with Crippen LogP contribution in [0.2, 0.25) is 10.0 Å². The molecular weight excluding hydrogens is 583 g/mol. The lowest BCUT2D eigenvalue weighted by molar-refractivity contribution is 0.00531. The van der Waals surface area contributed by atoms with Gasteiger partial charge in [-0.15, -0.1) is 0 Å². The molecular formula is C31H20Cl2N2O7. The fourth-order valence-corrected chi connectivity index (χ4v) is 4.77. The molecule has 9 nitrogen and oxygen atoms in total. The Morgan fingerprint density at radius 3 is 2.05 bits per heavy atom. The fourth-order valence-electron chi connectivity index (χ4n) is 4.28. The number of amides is 3. The van der Waals surface area contributed by atoms with E-state index in [2.05, 4.69) is 0 Å². The fraction of sp³-hybridized carbons (Fsp3) is 0.0645. The minimum absolute atomic E-state index is 0.0243. The van der Waals surface area contributed by atoms with Crippen molar-refractivity contribution < 1.29 is 33.4 Å². The van der Waals surface area contributed by atoms with Gasteiger partial charge in [0.25, 0.3) is 17.7 Å². The number of methoxy groups -OCH3 is 1. The highest BCUT2D eigenvalue weighted by Gasteiger charge is 2.42. The molecule has 42 heavy (non-hydrogen) atoms. The molecule has 0 atom stereocenters. The van der Waals surface area contributed by atoms with Gasteiger partial charge in [-0.25, -0.2) is 9.80 Å². The summed E-state index contributed by atoms with van der Waals surface area (Å²) in [6, 6.07) is 22.3. The van der Waals surface area contributed by atoms with Crippen molar-refractivity contribution in [2.24, 2.45) is 0 Å². The zero-order valence-electron chi connectivity index (χ0n) is 21.9. The van der Waals surface area contributed by atoms with Crippen LogP contribution in [0.15, 0.2) is 91.0 Å². The van der Waals surface area contributed by atoms with Crippen LogP contribution in [0, 0.1) is 0 Å². The summed E-state index contributed by atoms with van der Waals surface area (Å²) in [7, 11) is 1.48. The van der Waals surface area contributed by atoms with Crippen LogP contribution in [-0.4, -0.2) is 53.1 Å². The second-order valence-electron chi connectivity index (χ2n) is 9.02. The van der Waals surface area contributed by atoms with Crippen molar-refractivity contribution in [1.29, 1.82) is 0 Å². The number of carbonyl (C=O) groups excluding carboxylic acids is 5. The van der Waals surface area contributed by atoms with E-state index in [0.717, 1.165) is 5.01 Å². The number of hydrogen-bond donors (Lipinski definition) is 0. The summed E-state index contributed by atoms with van der Waals surface area (Å²) in [5.74, 6) is -2.96. The number of fused-ring (bicyclic) bond motifs is 1. The van der Waals surface area contributed by atoms with Crippen molar-refractivity contribution >= 4 is 52.7 Å². The predicted molar refractivity (Wildman–Crippen MR) is 153 cm³/mol. The van der Waals surface area contributed by atoms with Gasteiger partial charge in [-0.3, -0.25) is 19.2 Å². The predicted octanol–water partition coefficient (Wildman–Crippen LogP) is 5.76. The molecule has 0 fully saturated rings. The van der Waals surface area contributed by atoms with E-state index in [1.807, 2.05) is 0 Å². The van der Waals surface area contributed by atoms with E-state index in [-0.39, 0.29) is 43.6 Å². The Morgan fingerprint density at radius 2 is 1.43 bits per heavy atom. The second-order valence-corrected chi connectivity index (χ2v) is 9.87. The number of rotatable bonds is 8. The molecule has 5 rings (SSSR count). The maximum absolute atomic E-state index is 13.7. The molecule has 4 aromatic carbocycles. The monoisotopic (exact) mass is 602 g/mol. The molecule has 0 spiro atoms.